The Labute approximate surface area is 120 Å². The molecule has 0 unspecified atom stereocenters. The minimum absolute atomic E-state index is 0.0225. The van der Waals surface area contributed by atoms with Crippen LogP contribution < -0.4 is 0 Å². The summed E-state index contributed by atoms with van der Waals surface area (Å²) >= 11 is 4.99. The van der Waals surface area contributed by atoms with Crippen LogP contribution in [0, 0.1) is 0 Å². The van der Waals surface area contributed by atoms with Crippen molar-refractivity contribution in [3.8, 4) is 5.75 Å². The van der Waals surface area contributed by atoms with Crippen LogP contribution in [0.5, 0.6) is 5.75 Å². The molecule has 1 fully saturated rings. The predicted octanol–water partition coefficient (Wildman–Crippen LogP) is 3.12. The summed E-state index contributed by atoms with van der Waals surface area (Å²) in [7, 11) is 0. The summed E-state index contributed by atoms with van der Waals surface area (Å²) in [6.45, 7) is 0.820. The number of phenolic OH excluding ortho intramolecular Hbond substituents is 1. The lowest BCUT2D eigenvalue weighted by Crippen LogP contribution is -2.36. The fourth-order valence-corrected chi connectivity index (χ4v) is 3.26. The van der Waals surface area contributed by atoms with Crippen LogP contribution in [0.4, 0.5) is 0 Å². The number of phenols is 1. The van der Waals surface area contributed by atoms with Gasteiger partial charge in [-0.1, -0.05) is 0 Å². The molecule has 0 spiro atoms. The molecule has 0 radical (unpaired) electrons. The molecule has 5 heteroatoms. The third kappa shape index (κ3) is 2.83. The van der Waals surface area contributed by atoms with E-state index in [1.165, 1.54) is 6.07 Å². The van der Waals surface area contributed by atoms with E-state index in [-0.39, 0.29) is 11.7 Å². The fourth-order valence-electron chi connectivity index (χ4n) is 2.28. The Bertz CT molecular complexity index is 453. The number of thioether (sulfide) groups is 1. The van der Waals surface area contributed by atoms with Crippen LogP contribution in [0.15, 0.2) is 22.7 Å². The number of halogens is 1. The third-order valence-electron chi connectivity index (χ3n) is 3.19. The lowest BCUT2D eigenvalue weighted by molar-refractivity contribution is 0.0749. The smallest absolute Gasteiger partial charge is 0.254 e. The van der Waals surface area contributed by atoms with Crippen molar-refractivity contribution in [3.05, 3.63) is 28.2 Å². The summed E-state index contributed by atoms with van der Waals surface area (Å²) in [5.74, 6) is 1.12. The molecule has 1 aliphatic rings. The summed E-state index contributed by atoms with van der Waals surface area (Å²) < 4.78 is 0.612. The number of carbonyl (C=O) groups is 1. The number of benzene rings is 1. The Morgan fingerprint density at radius 1 is 1.61 bits per heavy atom. The largest absolute Gasteiger partial charge is 0.507 e. The normalized spacial score (nSPS) is 19.2. The first-order chi connectivity index (χ1) is 8.63. The lowest BCUT2D eigenvalue weighted by Gasteiger charge is -2.24. The maximum Gasteiger partial charge on any atom is 0.254 e. The SMILES string of the molecule is CSC[C@@H]1CCCN1C(=O)c1ccc(Br)c(O)c1. The van der Waals surface area contributed by atoms with Crippen LogP contribution >= 0.6 is 27.7 Å². The van der Waals surface area contributed by atoms with E-state index in [4.69, 9.17) is 0 Å². The Morgan fingerprint density at radius 3 is 3.06 bits per heavy atom. The molecule has 0 bridgehead atoms. The molecule has 98 valence electrons. The second-order valence-corrected chi connectivity index (χ2v) is 6.18. The summed E-state index contributed by atoms with van der Waals surface area (Å²) in [4.78, 5) is 14.3. The average molecular weight is 330 g/mol. The van der Waals surface area contributed by atoms with E-state index in [9.17, 15) is 9.90 Å². The summed E-state index contributed by atoms with van der Waals surface area (Å²) in [6, 6.07) is 5.32. The predicted molar refractivity (Wildman–Crippen MR) is 78.2 cm³/mol. The van der Waals surface area contributed by atoms with Gasteiger partial charge in [0.25, 0.3) is 5.91 Å². The van der Waals surface area contributed by atoms with Gasteiger partial charge in [0.15, 0.2) is 0 Å². The van der Waals surface area contributed by atoms with E-state index in [1.807, 2.05) is 4.90 Å². The average Bonchev–Trinajstić information content (AvgIpc) is 2.80. The van der Waals surface area contributed by atoms with Gasteiger partial charge in [-0.25, -0.2) is 0 Å². The highest BCUT2D eigenvalue weighted by atomic mass is 79.9. The topological polar surface area (TPSA) is 40.5 Å². The van der Waals surface area contributed by atoms with Crippen LogP contribution in [-0.4, -0.2) is 40.5 Å². The molecule has 3 nitrogen and oxygen atoms in total. The first-order valence-electron chi connectivity index (χ1n) is 5.92. The quantitative estimate of drug-likeness (QED) is 0.926. The summed E-state index contributed by atoms with van der Waals surface area (Å²) in [6.07, 6.45) is 4.21. The van der Waals surface area contributed by atoms with Gasteiger partial charge < -0.3 is 10.0 Å². The molecule has 0 saturated carbocycles. The number of hydrogen-bond acceptors (Lipinski definition) is 3. The van der Waals surface area contributed by atoms with E-state index >= 15 is 0 Å². The van der Waals surface area contributed by atoms with Crippen molar-refractivity contribution in [1.29, 1.82) is 0 Å². The molecule has 0 aromatic heterocycles. The highest BCUT2D eigenvalue weighted by Gasteiger charge is 2.29. The first kappa shape index (κ1) is 13.7. The van der Waals surface area contributed by atoms with Crippen molar-refractivity contribution < 1.29 is 9.90 Å². The number of rotatable bonds is 3. The van der Waals surface area contributed by atoms with Gasteiger partial charge in [-0.15, -0.1) is 0 Å². The molecule has 1 aliphatic heterocycles. The molecule has 1 atom stereocenters. The van der Waals surface area contributed by atoms with E-state index < -0.39 is 0 Å². The van der Waals surface area contributed by atoms with Crippen LogP contribution in [0.3, 0.4) is 0 Å². The van der Waals surface area contributed by atoms with Gasteiger partial charge in [0, 0.05) is 23.9 Å². The Balaban J connectivity index is 2.17. The van der Waals surface area contributed by atoms with Gasteiger partial charge in [0.1, 0.15) is 5.75 Å². The number of aromatic hydroxyl groups is 1. The van der Waals surface area contributed by atoms with Gasteiger partial charge in [-0.05, 0) is 53.2 Å². The van der Waals surface area contributed by atoms with Crippen molar-refractivity contribution in [2.75, 3.05) is 18.6 Å². The van der Waals surface area contributed by atoms with Crippen molar-refractivity contribution in [2.45, 2.75) is 18.9 Å². The van der Waals surface area contributed by atoms with Crippen LogP contribution in [-0.2, 0) is 0 Å². The molecule has 2 rings (SSSR count). The number of likely N-dealkylation sites (tertiary alicyclic amines) is 1. The number of hydrogen-bond donors (Lipinski definition) is 1. The monoisotopic (exact) mass is 329 g/mol. The standard InChI is InChI=1S/C13H16BrNO2S/c1-18-8-10-3-2-6-15(10)13(17)9-4-5-11(14)12(16)7-9/h4-5,7,10,16H,2-3,6,8H2,1H3/t10-/m0/s1. The highest BCUT2D eigenvalue weighted by Crippen LogP contribution is 2.27. The zero-order chi connectivity index (χ0) is 13.1. The van der Waals surface area contributed by atoms with Crippen molar-refractivity contribution in [2.24, 2.45) is 0 Å². The van der Waals surface area contributed by atoms with Gasteiger partial charge in [0.2, 0.25) is 0 Å². The van der Waals surface area contributed by atoms with Gasteiger partial charge >= 0.3 is 0 Å². The molecule has 0 aliphatic carbocycles. The molecule has 1 N–H and O–H groups in total. The van der Waals surface area contributed by atoms with E-state index in [2.05, 4.69) is 22.2 Å². The molecule has 1 saturated heterocycles. The zero-order valence-electron chi connectivity index (χ0n) is 10.2. The second kappa shape index (κ2) is 5.97. The summed E-state index contributed by atoms with van der Waals surface area (Å²) in [5, 5.41) is 9.64. The number of carbonyl (C=O) groups excluding carboxylic acids is 1. The maximum atomic E-state index is 12.4. The van der Waals surface area contributed by atoms with Crippen molar-refractivity contribution in [3.63, 3.8) is 0 Å². The summed E-state index contributed by atoms with van der Waals surface area (Å²) in [5.41, 5.74) is 0.559. The number of nitrogens with zero attached hydrogens (tertiary/aromatic N) is 1. The van der Waals surface area contributed by atoms with E-state index in [0.29, 0.717) is 16.1 Å². The molecule has 18 heavy (non-hydrogen) atoms. The minimum Gasteiger partial charge on any atom is -0.507 e. The van der Waals surface area contributed by atoms with Gasteiger partial charge in [-0.2, -0.15) is 11.8 Å². The fraction of sp³-hybridized carbons (Fsp3) is 0.462. The third-order valence-corrected chi connectivity index (χ3v) is 4.58. The van der Waals surface area contributed by atoms with Crippen molar-refractivity contribution in [1.82, 2.24) is 4.90 Å². The molecular formula is C13H16BrNO2S. The highest BCUT2D eigenvalue weighted by molar-refractivity contribution is 9.10. The van der Waals surface area contributed by atoms with Crippen LogP contribution in [0.2, 0.25) is 0 Å². The first-order valence-corrected chi connectivity index (χ1v) is 8.10. The molecular weight excluding hydrogens is 314 g/mol. The van der Waals surface area contributed by atoms with Gasteiger partial charge in [-0.3, -0.25) is 4.79 Å². The van der Waals surface area contributed by atoms with Crippen LogP contribution in [0.25, 0.3) is 0 Å². The Kier molecular flexibility index (Phi) is 4.56. The number of amides is 1. The second-order valence-electron chi connectivity index (χ2n) is 4.42. The van der Waals surface area contributed by atoms with E-state index in [0.717, 1.165) is 25.1 Å². The minimum atomic E-state index is 0.0225. The molecule has 1 aromatic rings. The van der Waals surface area contributed by atoms with Gasteiger partial charge in [0.05, 0.1) is 4.47 Å². The maximum absolute atomic E-state index is 12.4. The Morgan fingerprint density at radius 2 is 2.39 bits per heavy atom. The zero-order valence-corrected chi connectivity index (χ0v) is 12.6. The Hall–Kier alpha value is -0.680. The molecule has 1 aromatic carbocycles. The molecule has 1 amide bonds. The van der Waals surface area contributed by atoms with Crippen molar-refractivity contribution >= 4 is 33.6 Å². The van der Waals surface area contributed by atoms with Crippen LogP contribution in [0.1, 0.15) is 23.2 Å². The molecule has 1 heterocycles. The van der Waals surface area contributed by atoms with E-state index in [1.54, 1.807) is 23.9 Å². The lowest BCUT2D eigenvalue weighted by atomic mass is 10.1.